The fraction of sp³-hybridized carbons (Fsp3) is 0.125. The molecule has 0 spiro atoms. The number of anilines is 1. The van der Waals surface area contributed by atoms with Gasteiger partial charge in [0.15, 0.2) is 0 Å². The SMILES string of the molecule is O=C(c1ccc([N+](=O)[O-])cc1)N1c2ncnn2C(c2ccc(Cl)cc2)CC1c1ccccc1. The van der Waals surface area contributed by atoms with Crippen LogP contribution in [0.2, 0.25) is 5.02 Å². The molecule has 3 aromatic carbocycles. The number of carbonyl (C=O) groups is 1. The first-order valence-corrected chi connectivity index (χ1v) is 10.7. The summed E-state index contributed by atoms with van der Waals surface area (Å²) in [6.45, 7) is 0. The van der Waals surface area contributed by atoms with E-state index in [1.54, 1.807) is 9.58 Å². The number of hydrogen-bond donors (Lipinski definition) is 0. The van der Waals surface area contributed by atoms with E-state index < -0.39 is 4.92 Å². The minimum absolute atomic E-state index is 0.0734. The zero-order valence-electron chi connectivity index (χ0n) is 17.3. The largest absolute Gasteiger partial charge is 0.269 e. The molecule has 9 heteroatoms. The number of carbonyl (C=O) groups excluding carboxylic acids is 1. The van der Waals surface area contributed by atoms with Crippen LogP contribution >= 0.6 is 11.6 Å². The molecule has 2 unspecified atom stereocenters. The van der Waals surface area contributed by atoms with E-state index in [1.165, 1.54) is 30.6 Å². The van der Waals surface area contributed by atoms with Crippen molar-refractivity contribution in [1.82, 2.24) is 14.8 Å². The van der Waals surface area contributed by atoms with Crippen LogP contribution in [0.15, 0.2) is 85.2 Å². The maximum Gasteiger partial charge on any atom is 0.269 e. The Morgan fingerprint density at radius 2 is 1.61 bits per heavy atom. The number of amides is 1. The Kier molecular flexibility index (Phi) is 5.35. The Balaban J connectivity index is 1.61. The zero-order chi connectivity index (χ0) is 22.9. The second-order valence-electron chi connectivity index (χ2n) is 7.71. The van der Waals surface area contributed by atoms with Crippen molar-refractivity contribution >= 4 is 29.1 Å². The number of rotatable bonds is 4. The molecule has 5 rings (SSSR count). The summed E-state index contributed by atoms with van der Waals surface area (Å²) in [7, 11) is 0. The quantitative estimate of drug-likeness (QED) is 0.308. The summed E-state index contributed by atoms with van der Waals surface area (Å²) in [5.41, 5.74) is 2.23. The summed E-state index contributed by atoms with van der Waals surface area (Å²) >= 11 is 6.09. The van der Waals surface area contributed by atoms with Gasteiger partial charge in [-0.25, -0.2) is 4.68 Å². The third kappa shape index (κ3) is 3.85. The van der Waals surface area contributed by atoms with Crippen LogP contribution in [-0.2, 0) is 0 Å². The fourth-order valence-corrected chi connectivity index (χ4v) is 4.34. The van der Waals surface area contributed by atoms with E-state index in [9.17, 15) is 14.9 Å². The van der Waals surface area contributed by atoms with Gasteiger partial charge in [0.1, 0.15) is 6.33 Å². The third-order valence-corrected chi connectivity index (χ3v) is 6.06. The van der Waals surface area contributed by atoms with E-state index in [2.05, 4.69) is 10.1 Å². The van der Waals surface area contributed by atoms with E-state index in [0.717, 1.165) is 11.1 Å². The van der Waals surface area contributed by atoms with Crippen molar-refractivity contribution in [3.8, 4) is 0 Å². The van der Waals surface area contributed by atoms with Crippen molar-refractivity contribution in [2.75, 3.05) is 4.90 Å². The Hall–Kier alpha value is -4.04. The molecule has 8 nitrogen and oxygen atoms in total. The predicted molar refractivity (Wildman–Crippen MR) is 123 cm³/mol. The molecule has 1 aliphatic rings. The monoisotopic (exact) mass is 459 g/mol. The maximum absolute atomic E-state index is 13.7. The highest BCUT2D eigenvalue weighted by molar-refractivity contribution is 6.30. The summed E-state index contributed by atoms with van der Waals surface area (Å²) in [5.74, 6) is 0.112. The Morgan fingerprint density at radius 1 is 0.939 bits per heavy atom. The van der Waals surface area contributed by atoms with Gasteiger partial charge >= 0.3 is 0 Å². The van der Waals surface area contributed by atoms with E-state index in [-0.39, 0.29) is 23.7 Å². The number of aromatic nitrogens is 3. The van der Waals surface area contributed by atoms with Crippen LogP contribution in [0.25, 0.3) is 0 Å². The highest BCUT2D eigenvalue weighted by Gasteiger charge is 2.39. The van der Waals surface area contributed by atoms with Crippen molar-refractivity contribution in [3.05, 3.63) is 117 Å². The number of fused-ring (bicyclic) bond motifs is 1. The van der Waals surface area contributed by atoms with Gasteiger partial charge in [0.25, 0.3) is 11.6 Å². The normalized spacial score (nSPS) is 17.4. The molecule has 2 atom stereocenters. The number of non-ortho nitro benzene ring substituents is 1. The minimum Gasteiger partial charge on any atom is -0.269 e. The molecular weight excluding hydrogens is 442 g/mol. The molecule has 0 N–H and O–H groups in total. The van der Waals surface area contributed by atoms with Crippen LogP contribution in [-0.4, -0.2) is 25.6 Å². The summed E-state index contributed by atoms with van der Waals surface area (Å²) < 4.78 is 1.74. The van der Waals surface area contributed by atoms with Gasteiger partial charge in [-0.05, 0) is 41.8 Å². The van der Waals surface area contributed by atoms with Crippen molar-refractivity contribution < 1.29 is 9.72 Å². The lowest BCUT2D eigenvalue weighted by Crippen LogP contribution is -2.42. The predicted octanol–water partition coefficient (Wildman–Crippen LogP) is 5.22. The smallest absolute Gasteiger partial charge is 0.269 e. The molecule has 0 saturated carbocycles. The molecule has 0 saturated heterocycles. The van der Waals surface area contributed by atoms with Gasteiger partial charge in [0, 0.05) is 22.7 Å². The molecule has 2 heterocycles. The topological polar surface area (TPSA) is 94.2 Å². The maximum atomic E-state index is 13.7. The van der Waals surface area contributed by atoms with Gasteiger partial charge in [-0.2, -0.15) is 10.1 Å². The highest BCUT2D eigenvalue weighted by atomic mass is 35.5. The molecular formula is C24H18ClN5O3. The van der Waals surface area contributed by atoms with Gasteiger partial charge in [0.2, 0.25) is 5.95 Å². The molecule has 1 amide bonds. The summed E-state index contributed by atoms with van der Waals surface area (Å²) in [6.07, 6.45) is 2.00. The lowest BCUT2D eigenvalue weighted by molar-refractivity contribution is -0.384. The lowest BCUT2D eigenvalue weighted by Gasteiger charge is -2.39. The molecule has 0 aliphatic carbocycles. The van der Waals surface area contributed by atoms with Crippen molar-refractivity contribution in [2.24, 2.45) is 0 Å². The molecule has 0 bridgehead atoms. The molecule has 4 aromatic rings. The van der Waals surface area contributed by atoms with Crippen LogP contribution in [0.4, 0.5) is 11.6 Å². The van der Waals surface area contributed by atoms with Gasteiger partial charge in [-0.15, -0.1) is 0 Å². The van der Waals surface area contributed by atoms with Crippen LogP contribution in [0.3, 0.4) is 0 Å². The number of nitrogens with zero attached hydrogens (tertiary/aromatic N) is 5. The zero-order valence-corrected chi connectivity index (χ0v) is 18.0. The number of nitro benzene ring substituents is 1. The van der Waals surface area contributed by atoms with Crippen molar-refractivity contribution in [1.29, 1.82) is 0 Å². The van der Waals surface area contributed by atoms with E-state index in [0.29, 0.717) is 23.0 Å². The van der Waals surface area contributed by atoms with E-state index >= 15 is 0 Å². The Labute approximate surface area is 194 Å². The number of nitro groups is 1. The van der Waals surface area contributed by atoms with Crippen LogP contribution in [0.1, 0.15) is 40.0 Å². The minimum atomic E-state index is -0.491. The molecule has 1 aliphatic heterocycles. The second-order valence-corrected chi connectivity index (χ2v) is 8.15. The number of benzene rings is 3. The van der Waals surface area contributed by atoms with Crippen LogP contribution in [0.5, 0.6) is 0 Å². The summed E-state index contributed by atoms with van der Waals surface area (Å²) in [4.78, 5) is 30.2. The molecule has 1 aromatic heterocycles. The van der Waals surface area contributed by atoms with Gasteiger partial charge in [0.05, 0.1) is 17.0 Å². The first-order chi connectivity index (χ1) is 16.0. The Morgan fingerprint density at radius 3 is 2.27 bits per heavy atom. The van der Waals surface area contributed by atoms with Crippen LogP contribution in [0, 0.1) is 10.1 Å². The third-order valence-electron chi connectivity index (χ3n) is 5.81. The van der Waals surface area contributed by atoms with E-state index in [1.807, 2.05) is 54.6 Å². The molecule has 0 radical (unpaired) electrons. The first-order valence-electron chi connectivity index (χ1n) is 10.3. The standard InChI is InChI=1S/C24H18ClN5O3/c25-19-10-6-17(7-11-19)22-14-21(16-4-2-1-3-5-16)28(24-26-15-27-29(22)24)23(31)18-8-12-20(13-9-18)30(32)33/h1-13,15,21-22H,14H2. The average Bonchev–Trinajstić information content (AvgIpc) is 3.34. The fourth-order valence-electron chi connectivity index (χ4n) is 4.21. The van der Waals surface area contributed by atoms with E-state index in [4.69, 9.17) is 11.6 Å². The van der Waals surface area contributed by atoms with Gasteiger partial charge in [-0.1, -0.05) is 54.1 Å². The van der Waals surface area contributed by atoms with Gasteiger partial charge in [-0.3, -0.25) is 19.8 Å². The lowest BCUT2D eigenvalue weighted by atomic mass is 9.91. The summed E-state index contributed by atoms with van der Waals surface area (Å²) in [5, 5.41) is 16.1. The first kappa shape index (κ1) is 20.8. The summed E-state index contributed by atoms with van der Waals surface area (Å²) in [6, 6.07) is 22.4. The van der Waals surface area contributed by atoms with Crippen molar-refractivity contribution in [3.63, 3.8) is 0 Å². The Bertz CT molecular complexity index is 1310. The molecule has 164 valence electrons. The highest BCUT2D eigenvalue weighted by Crippen LogP contribution is 2.42. The number of halogens is 1. The molecule has 33 heavy (non-hydrogen) atoms. The van der Waals surface area contributed by atoms with Crippen LogP contribution < -0.4 is 4.90 Å². The number of hydrogen-bond acceptors (Lipinski definition) is 5. The second kappa shape index (κ2) is 8.48. The van der Waals surface area contributed by atoms with Gasteiger partial charge < -0.3 is 0 Å². The molecule has 0 fully saturated rings. The average molecular weight is 460 g/mol. The van der Waals surface area contributed by atoms with Crippen molar-refractivity contribution in [2.45, 2.75) is 18.5 Å².